The van der Waals surface area contributed by atoms with Crippen molar-refractivity contribution in [3.63, 3.8) is 0 Å². The molecule has 0 unspecified atom stereocenters. The molecule has 2 heterocycles. The first-order valence-corrected chi connectivity index (χ1v) is 23.2. The van der Waals surface area contributed by atoms with E-state index in [-0.39, 0.29) is 50.3 Å². The van der Waals surface area contributed by atoms with Gasteiger partial charge >= 0.3 is 5.97 Å². The first kappa shape index (κ1) is 46.3. The number of likely N-dealkylation sites (tertiary alicyclic amines) is 1. The summed E-state index contributed by atoms with van der Waals surface area (Å²) in [6.45, 7) is 16.6. The van der Waals surface area contributed by atoms with Gasteiger partial charge in [0.1, 0.15) is 24.8 Å². The molecule has 2 N–H and O–H groups in total. The summed E-state index contributed by atoms with van der Waals surface area (Å²) in [5, 5.41) is 8.04. The molecule has 3 aromatic carbocycles. The van der Waals surface area contributed by atoms with Crippen LogP contribution in [0.3, 0.4) is 0 Å². The Bertz CT molecular complexity index is 1990. The molecular formula is C46H60N4O8SSi. The summed E-state index contributed by atoms with van der Waals surface area (Å²) < 4.78 is 23.9. The van der Waals surface area contributed by atoms with Crippen LogP contribution in [-0.2, 0) is 44.4 Å². The zero-order chi connectivity index (χ0) is 43.5. The second-order valence-electron chi connectivity index (χ2n) is 17.2. The van der Waals surface area contributed by atoms with Gasteiger partial charge in [-0.25, -0.2) is 4.98 Å². The fourth-order valence-electron chi connectivity index (χ4n) is 7.69. The van der Waals surface area contributed by atoms with Crippen molar-refractivity contribution in [2.24, 2.45) is 5.41 Å². The minimum atomic E-state index is -2.68. The third-order valence-electron chi connectivity index (χ3n) is 10.6. The van der Waals surface area contributed by atoms with Gasteiger partial charge in [-0.1, -0.05) is 126 Å². The van der Waals surface area contributed by atoms with Crippen LogP contribution in [0.25, 0.3) is 10.4 Å². The molecule has 1 saturated heterocycles. The molecule has 3 amide bonds. The lowest BCUT2D eigenvalue weighted by molar-refractivity contribution is -0.147. The van der Waals surface area contributed by atoms with Gasteiger partial charge in [0.2, 0.25) is 17.7 Å². The van der Waals surface area contributed by atoms with Crippen LogP contribution in [0, 0.1) is 12.3 Å². The molecule has 1 aromatic heterocycles. The van der Waals surface area contributed by atoms with Crippen molar-refractivity contribution >= 4 is 53.7 Å². The van der Waals surface area contributed by atoms with E-state index < -0.39 is 49.7 Å². The van der Waals surface area contributed by atoms with E-state index >= 15 is 0 Å². The van der Waals surface area contributed by atoms with E-state index in [1.54, 1.807) is 11.3 Å². The standard InChI is InChI=1S/C46H60N4O8SSi/c1-32-41(59-31-48-32)35-21-19-34(20-22-35)28-47-43(53)39-27-36(58-33(2)51)29-50(39)44(54)42(45(3,4)5)49-40(52)30-56-24-23-55-25-26-57-60(46(6,7)8,37-15-11-9-12-16-37)38-17-13-10-14-18-38/h9-22,31,36,39,42H,23-30H2,1-8H3,(H,47,53)(H,49,52)/t36-,39+,42-/m1/s1. The number of hydrogen-bond acceptors (Lipinski definition) is 10. The Morgan fingerprint density at radius 3 is 2.00 bits per heavy atom. The number of hydrogen-bond donors (Lipinski definition) is 2. The van der Waals surface area contributed by atoms with Gasteiger partial charge in [-0.15, -0.1) is 11.3 Å². The second-order valence-corrected chi connectivity index (χ2v) is 22.4. The zero-order valence-electron chi connectivity index (χ0n) is 36.1. The maximum absolute atomic E-state index is 14.2. The van der Waals surface area contributed by atoms with E-state index in [0.717, 1.165) is 21.7 Å². The van der Waals surface area contributed by atoms with Crippen molar-refractivity contribution in [2.45, 2.75) is 91.6 Å². The van der Waals surface area contributed by atoms with Gasteiger partial charge in [0, 0.05) is 19.9 Å². The first-order valence-electron chi connectivity index (χ1n) is 20.5. The topological polar surface area (TPSA) is 145 Å². The number of thiazole rings is 1. The highest BCUT2D eigenvalue weighted by atomic mass is 32.1. The van der Waals surface area contributed by atoms with Crippen molar-refractivity contribution in [1.82, 2.24) is 20.5 Å². The van der Waals surface area contributed by atoms with Crippen molar-refractivity contribution in [1.29, 1.82) is 0 Å². The Labute approximate surface area is 359 Å². The lowest BCUT2D eigenvalue weighted by Gasteiger charge is -2.43. The van der Waals surface area contributed by atoms with Crippen LogP contribution in [0.1, 0.15) is 66.1 Å². The van der Waals surface area contributed by atoms with E-state index in [1.165, 1.54) is 22.2 Å². The summed E-state index contributed by atoms with van der Waals surface area (Å²) in [7, 11) is -2.68. The molecule has 322 valence electrons. The molecular weight excluding hydrogens is 797 g/mol. The summed E-state index contributed by atoms with van der Waals surface area (Å²) in [6, 6.07) is 26.8. The Morgan fingerprint density at radius 1 is 0.850 bits per heavy atom. The van der Waals surface area contributed by atoms with Crippen molar-refractivity contribution in [2.75, 3.05) is 39.6 Å². The number of benzene rings is 3. The number of aromatic nitrogens is 1. The summed E-state index contributed by atoms with van der Waals surface area (Å²) in [4.78, 5) is 59.9. The number of esters is 1. The maximum Gasteiger partial charge on any atom is 0.302 e. The van der Waals surface area contributed by atoms with Crippen LogP contribution in [0.15, 0.2) is 90.4 Å². The second kappa shape index (κ2) is 20.7. The first-order chi connectivity index (χ1) is 28.5. The van der Waals surface area contributed by atoms with Crippen LogP contribution in [0.5, 0.6) is 0 Å². The highest BCUT2D eigenvalue weighted by Gasteiger charge is 2.50. The Balaban J connectivity index is 1.12. The molecule has 0 radical (unpaired) electrons. The van der Waals surface area contributed by atoms with E-state index in [2.05, 4.69) is 84.9 Å². The van der Waals surface area contributed by atoms with Crippen LogP contribution < -0.4 is 21.0 Å². The molecule has 5 rings (SSSR count). The number of carbonyl (C=O) groups is 4. The van der Waals surface area contributed by atoms with Crippen molar-refractivity contribution in [3.05, 3.63) is 102 Å². The number of carbonyl (C=O) groups excluding carboxylic acids is 4. The molecule has 0 saturated carbocycles. The monoisotopic (exact) mass is 856 g/mol. The van der Waals surface area contributed by atoms with Gasteiger partial charge in [0.25, 0.3) is 8.32 Å². The SMILES string of the molecule is CC(=O)O[C@@H]1C[C@@H](C(=O)NCc2ccc(-c3scnc3C)cc2)N(C(=O)[C@@H](NC(=O)COCCOCCO[Si](c2ccccc2)(c2ccccc2)C(C)(C)C)C(C)(C)C)C1. The van der Waals surface area contributed by atoms with Gasteiger partial charge in [-0.2, -0.15) is 0 Å². The van der Waals surface area contributed by atoms with Gasteiger partial charge < -0.3 is 34.2 Å². The van der Waals surface area contributed by atoms with Crippen LogP contribution in [0.4, 0.5) is 0 Å². The number of ether oxygens (including phenoxy) is 3. The lowest BCUT2D eigenvalue weighted by Crippen LogP contribution is -2.66. The number of rotatable bonds is 18. The van der Waals surface area contributed by atoms with Gasteiger partial charge in [-0.3, -0.25) is 19.2 Å². The molecule has 1 aliphatic heterocycles. The predicted molar refractivity (Wildman–Crippen MR) is 236 cm³/mol. The molecule has 4 aromatic rings. The summed E-state index contributed by atoms with van der Waals surface area (Å²) in [5.41, 5.74) is 3.98. The Morgan fingerprint density at radius 2 is 1.45 bits per heavy atom. The smallest absolute Gasteiger partial charge is 0.302 e. The lowest BCUT2D eigenvalue weighted by atomic mass is 9.85. The van der Waals surface area contributed by atoms with E-state index in [9.17, 15) is 19.2 Å². The van der Waals surface area contributed by atoms with Gasteiger partial charge in [0.15, 0.2) is 0 Å². The van der Waals surface area contributed by atoms with Gasteiger partial charge in [-0.05, 0) is 38.9 Å². The summed E-state index contributed by atoms with van der Waals surface area (Å²) in [5.74, 6) is -1.80. The van der Waals surface area contributed by atoms with Crippen molar-refractivity contribution in [3.8, 4) is 10.4 Å². The molecule has 1 aliphatic rings. The minimum Gasteiger partial charge on any atom is -0.461 e. The largest absolute Gasteiger partial charge is 0.461 e. The molecule has 1 fully saturated rings. The third kappa shape index (κ3) is 11.8. The Hall–Kier alpha value is -4.73. The minimum absolute atomic E-state index is 0.0233. The number of nitrogens with zero attached hydrogens (tertiary/aromatic N) is 2. The molecule has 0 bridgehead atoms. The molecule has 12 nitrogen and oxygen atoms in total. The molecule has 14 heteroatoms. The summed E-state index contributed by atoms with van der Waals surface area (Å²) in [6.07, 6.45) is -0.532. The number of nitrogens with one attached hydrogen (secondary N) is 2. The third-order valence-corrected chi connectivity index (χ3v) is 16.6. The number of aryl methyl sites for hydroxylation is 1. The number of amides is 3. The van der Waals surface area contributed by atoms with E-state index in [1.807, 2.05) is 69.6 Å². The fourth-order valence-corrected chi connectivity index (χ4v) is 13.0. The van der Waals surface area contributed by atoms with E-state index in [0.29, 0.717) is 13.2 Å². The normalized spacial score (nSPS) is 16.3. The Kier molecular flexibility index (Phi) is 16.0. The summed E-state index contributed by atoms with van der Waals surface area (Å²) >= 11 is 1.57. The highest BCUT2D eigenvalue weighted by Crippen LogP contribution is 2.37. The van der Waals surface area contributed by atoms with Crippen LogP contribution in [0.2, 0.25) is 5.04 Å². The van der Waals surface area contributed by atoms with Crippen LogP contribution in [-0.4, -0.2) is 99.7 Å². The molecule has 0 aliphatic carbocycles. The van der Waals surface area contributed by atoms with Crippen molar-refractivity contribution < 1.29 is 37.8 Å². The zero-order valence-corrected chi connectivity index (χ0v) is 37.9. The molecule has 3 atom stereocenters. The molecule has 60 heavy (non-hydrogen) atoms. The average Bonchev–Trinajstić information content (AvgIpc) is 3.84. The average molecular weight is 857 g/mol. The predicted octanol–water partition coefficient (Wildman–Crippen LogP) is 5.41. The van der Waals surface area contributed by atoms with Crippen LogP contribution >= 0.6 is 11.3 Å². The van der Waals surface area contributed by atoms with E-state index in [4.69, 9.17) is 18.6 Å². The fraction of sp³-hybridized carbons (Fsp3) is 0.457. The quantitative estimate of drug-likeness (QED) is 0.0763. The maximum atomic E-state index is 14.2. The van der Waals surface area contributed by atoms with Gasteiger partial charge in [0.05, 0.1) is 49.1 Å². The molecule has 0 spiro atoms. The highest BCUT2D eigenvalue weighted by molar-refractivity contribution is 7.13.